The zero-order valence-corrected chi connectivity index (χ0v) is 20.2. The summed E-state index contributed by atoms with van der Waals surface area (Å²) in [6, 6.07) is 16.2. The fourth-order valence-electron chi connectivity index (χ4n) is 3.46. The maximum Gasteiger partial charge on any atom is 0.271 e. The van der Waals surface area contributed by atoms with Crippen molar-refractivity contribution in [3.8, 4) is 11.8 Å². The molecule has 2 N–H and O–H groups in total. The molecule has 2 aromatic heterocycles. The number of halogens is 1. The summed E-state index contributed by atoms with van der Waals surface area (Å²) in [5, 5.41) is 21.0. The molecule has 0 aliphatic rings. The quantitative estimate of drug-likeness (QED) is 0.263. The molecule has 9 nitrogen and oxygen atoms in total. The summed E-state index contributed by atoms with van der Waals surface area (Å²) in [5.74, 6) is -0.285. The van der Waals surface area contributed by atoms with E-state index in [1.54, 1.807) is 36.4 Å². The number of carbonyl (C=O) groups is 2. The van der Waals surface area contributed by atoms with Gasteiger partial charge in [-0.25, -0.2) is 9.67 Å². The van der Waals surface area contributed by atoms with E-state index >= 15 is 0 Å². The molecule has 0 spiro atoms. The number of aromatic nitrogens is 4. The molecule has 4 aromatic rings. The van der Waals surface area contributed by atoms with Crippen molar-refractivity contribution in [2.24, 2.45) is 0 Å². The van der Waals surface area contributed by atoms with Crippen LogP contribution in [0.3, 0.4) is 0 Å². The summed E-state index contributed by atoms with van der Waals surface area (Å²) in [5.41, 5.74) is 2.52. The molecule has 0 aliphatic carbocycles. The predicted molar refractivity (Wildman–Crippen MR) is 135 cm³/mol. The summed E-state index contributed by atoms with van der Waals surface area (Å²) in [6.07, 6.45) is 4.89. The van der Waals surface area contributed by atoms with Crippen LogP contribution in [0.1, 0.15) is 44.1 Å². The van der Waals surface area contributed by atoms with Crippen LogP contribution in [0.25, 0.3) is 5.69 Å². The van der Waals surface area contributed by atoms with E-state index in [-0.39, 0.29) is 28.6 Å². The van der Waals surface area contributed by atoms with Crippen molar-refractivity contribution in [2.75, 3.05) is 18.4 Å². The number of carbonyl (C=O) groups excluding carboxylic acids is 2. The topological polar surface area (TPSA) is 126 Å². The van der Waals surface area contributed by atoms with Gasteiger partial charge in [0, 0.05) is 36.1 Å². The lowest BCUT2D eigenvalue weighted by atomic mass is 10.0. The smallest absolute Gasteiger partial charge is 0.271 e. The molecule has 0 aliphatic heterocycles. The Kier molecular flexibility index (Phi) is 7.68. The number of rotatable bonds is 9. The van der Waals surface area contributed by atoms with Gasteiger partial charge in [-0.05, 0) is 37.6 Å². The average molecular weight is 500 g/mol. The van der Waals surface area contributed by atoms with E-state index in [4.69, 9.17) is 11.6 Å². The molecule has 0 saturated heterocycles. The van der Waals surface area contributed by atoms with Gasteiger partial charge in [-0.3, -0.25) is 14.6 Å². The molecular weight excluding hydrogens is 478 g/mol. The Morgan fingerprint density at radius 3 is 2.47 bits per heavy atom. The maximum atomic E-state index is 13.2. The van der Waals surface area contributed by atoms with E-state index in [0.29, 0.717) is 41.6 Å². The third-order valence-electron chi connectivity index (χ3n) is 5.32. The fraction of sp³-hybridized carbons (Fsp3) is 0.154. The first-order valence-corrected chi connectivity index (χ1v) is 11.5. The van der Waals surface area contributed by atoms with Gasteiger partial charge in [0.2, 0.25) is 5.78 Å². The molecule has 0 atom stereocenters. The number of nitrogens with zero attached hydrogens (tertiary/aromatic N) is 5. The number of ketones is 1. The third kappa shape index (κ3) is 5.56. The lowest BCUT2D eigenvalue weighted by Gasteiger charge is -2.11. The van der Waals surface area contributed by atoms with Crippen LogP contribution in [-0.4, -0.2) is 44.5 Å². The minimum atomic E-state index is -0.349. The Balaban J connectivity index is 1.55. The van der Waals surface area contributed by atoms with Crippen LogP contribution in [0.4, 0.5) is 5.82 Å². The van der Waals surface area contributed by atoms with Gasteiger partial charge >= 0.3 is 0 Å². The van der Waals surface area contributed by atoms with Gasteiger partial charge in [0.25, 0.3) is 5.91 Å². The number of amides is 1. The van der Waals surface area contributed by atoms with E-state index in [2.05, 4.69) is 31.8 Å². The second-order valence-corrected chi connectivity index (χ2v) is 8.33. The second-order valence-electron chi connectivity index (χ2n) is 7.89. The molecule has 0 bridgehead atoms. The zero-order valence-electron chi connectivity index (χ0n) is 19.4. The van der Waals surface area contributed by atoms with Crippen molar-refractivity contribution in [1.29, 1.82) is 5.26 Å². The van der Waals surface area contributed by atoms with E-state index in [0.717, 1.165) is 5.56 Å². The van der Waals surface area contributed by atoms with E-state index in [1.807, 2.05) is 19.1 Å². The van der Waals surface area contributed by atoms with Crippen LogP contribution in [0.2, 0.25) is 5.02 Å². The van der Waals surface area contributed by atoms with Gasteiger partial charge in [-0.15, -0.1) is 0 Å². The summed E-state index contributed by atoms with van der Waals surface area (Å²) in [6.45, 7) is 2.71. The molecule has 0 radical (unpaired) electrons. The zero-order chi connectivity index (χ0) is 25.5. The molecule has 0 saturated carbocycles. The van der Waals surface area contributed by atoms with Gasteiger partial charge in [0.1, 0.15) is 23.1 Å². The summed E-state index contributed by atoms with van der Waals surface area (Å²) in [4.78, 5) is 33.2. The molecule has 4 rings (SSSR count). The van der Waals surface area contributed by atoms with Crippen LogP contribution in [0, 0.1) is 18.3 Å². The molecule has 10 heteroatoms. The fourth-order valence-corrected chi connectivity index (χ4v) is 3.59. The number of anilines is 1. The van der Waals surface area contributed by atoms with Gasteiger partial charge in [0.05, 0.1) is 11.9 Å². The molecule has 0 fully saturated rings. The highest BCUT2D eigenvalue weighted by atomic mass is 35.5. The van der Waals surface area contributed by atoms with E-state index < -0.39 is 0 Å². The van der Waals surface area contributed by atoms with Crippen LogP contribution < -0.4 is 10.6 Å². The molecule has 0 unspecified atom stereocenters. The summed E-state index contributed by atoms with van der Waals surface area (Å²) >= 11 is 6.04. The number of hydrogen-bond acceptors (Lipinski definition) is 7. The minimum Gasteiger partial charge on any atom is -0.369 e. The first kappa shape index (κ1) is 24.6. The van der Waals surface area contributed by atoms with Crippen molar-refractivity contribution in [3.05, 3.63) is 100 Å². The van der Waals surface area contributed by atoms with Gasteiger partial charge in [-0.2, -0.15) is 10.4 Å². The minimum absolute atomic E-state index is 0.0507. The Labute approximate surface area is 212 Å². The van der Waals surface area contributed by atoms with Crippen molar-refractivity contribution in [3.63, 3.8) is 0 Å². The highest BCUT2D eigenvalue weighted by Gasteiger charge is 2.25. The molecule has 1 amide bonds. The number of aryl methyl sites for hydroxylation is 1. The molecular formula is C26H22ClN7O2. The molecule has 2 heterocycles. The number of nitrogens with one attached hydrogen (secondary N) is 2. The SMILES string of the molecule is Cc1ccc(C(=O)c2nn(-c3ccc(Cl)cc3)c(NCCCNC(=O)c3cnccn3)c2C#N)cc1. The lowest BCUT2D eigenvalue weighted by Crippen LogP contribution is -2.26. The van der Waals surface area contributed by atoms with E-state index in [1.165, 1.54) is 23.3 Å². The highest BCUT2D eigenvalue weighted by molar-refractivity contribution is 6.30. The Bertz CT molecular complexity index is 1410. The normalized spacial score (nSPS) is 10.5. The number of benzene rings is 2. The number of hydrogen-bond donors (Lipinski definition) is 2. The van der Waals surface area contributed by atoms with Gasteiger partial charge in [0.15, 0.2) is 5.69 Å². The van der Waals surface area contributed by atoms with E-state index in [9.17, 15) is 14.9 Å². The maximum absolute atomic E-state index is 13.2. The molecule has 180 valence electrons. The summed E-state index contributed by atoms with van der Waals surface area (Å²) < 4.78 is 1.52. The molecule has 2 aromatic carbocycles. The van der Waals surface area contributed by atoms with Crippen LogP contribution in [0.15, 0.2) is 67.1 Å². The average Bonchev–Trinajstić information content (AvgIpc) is 3.27. The highest BCUT2D eigenvalue weighted by Crippen LogP contribution is 2.26. The van der Waals surface area contributed by atoms with Crippen LogP contribution in [0.5, 0.6) is 0 Å². The van der Waals surface area contributed by atoms with Crippen molar-refractivity contribution in [2.45, 2.75) is 13.3 Å². The van der Waals surface area contributed by atoms with Crippen LogP contribution >= 0.6 is 11.6 Å². The van der Waals surface area contributed by atoms with Crippen molar-refractivity contribution in [1.82, 2.24) is 25.1 Å². The standard InChI is InChI=1S/C26H22ClN7O2/c1-17-3-5-18(6-4-17)24(35)23-21(15-28)25(34(33-23)20-9-7-19(27)8-10-20)31-11-2-12-32-26(36)22-16-29-13-14-30-22/h3-10,13-14,16,31H,2,11-12H2,1H3,(H,32,36). The second kappa shape index (κ2) is 11.3. The van der Waals surface area contributed by atoms with Crippen LogP contribution in [-0.2, 0) is 0 Å². The Hall–Kier alpha value is -4.55. The molecule has 36 heavy (non-hydrogen) atoms. The lowest BCUT2D eigenvalue weighted by molar-refractivity contribution is 0.0947. The Morgan fingerprint density at radius 1 is 1.06 bits per heavy atom. The van der Waals surface area contributed by atoms with Gasteiger partial charge in [-0.1, -0.05) is 41.4 Å². The largest absolute Gasteiger partial charge is 0.369 e. The van der Waals surface area contributed by atoms with Gasteiger partial charge < -0.3 is 10.6 Å². The first-order valence-electron chi connectivity index (χ1n) is 11.2. The van der Waals surface area contributed by atoms with Crippen molar-refractivity contribution >= 4 is 29.1 Å². The first-order chi connectivity index (χ1) is 17.5. The third-order valence-corrected chi connectivity index (χ3v) is 5.58. The predicted octanol–water partition coefficient (Wildman–Crippen LogP) is 3.96. The number of nitriles is 1. The summed E-state index contributed by atoms with van der Waals surface area (Å²) in [7, 11) is 0. The Morgan fingerprint density at radius 2 is 1.81 bits per heavy atom. The monoisotopic (exact) mass is 499 g/mol. The van der Waals surface area contributed by atoms with Crippen molar-refractivity contribution < 1.29 is 9.59 Å².